The Bertz CT molecular complexity index is 313. The van der Waals surface area contributed by atoms with Crippen LogP contribution in [0.1, 0.15) is 20.3 Å². The molecule has 0 amide bonds. The van der Waals surface area contributed by atoms with E-state index in [0.717, 1.165) is 0 Å². The van der Waals surface area contributed by atoms with Gasteiger partial charge in [0.2, 0.25) is 5.54 Å². The fourth-order valence-corrected chi connectivity index (χ4v) is 2.25. The highest BCUT2D eigenvalue weighted by Crippen LogP contribution is 2.34. The molecule has 1 atom stereocenters. The van der Waals surface area contributed by atoms with Crippen LogP contribution in [-0.4, -0.2) is 32.4 Å². The third-order valence-corrected chi connectivity index (χ3v) is 4.39. The lowest BCUT2D eigenvalue weighted by molar-refractivity contribution is -0.208. The van der Waals surface area contributed by atoms with Gasteiger partial charge in [0.05, 0.1) is 6.61 Å². The van der Waals surface area contributed by atoms with E-state index in [1.165, 1.54) is 0 Å². The van der Waals surface area contributed by atoms with Gasteiger partial charge >= 0.3 is 12.1 Å². The monoisotopic (exact) mass is 299 g/mol. The first-order valence-electron chi connectivity index (χ1n) is 6.32. The number of esters is 1. The van der Waals surface area contributed by atoms with Crippen LogP contribution >= 0.6 is 0 Å². The predicted octanol–water partition coefficient (Wildman–Crippen LogP) is 3.17. The minimum absolute atomic E-state index is 0.00167. The number of rotatable bonds is 6. The number of hydrogen-bond acceptors (Lipinski definition) is 3. The average Bonchev–Trinajstić information content (AvgIpc) is 2.12. The van der Waals surface area contributed by atoms with Gasteiger partial charge in [-0.3, -0.25) is 0 Å². The second-order valence-corrected chi connectivity index (χ2v) is 12.1. The summed E-state index contributed by atoms with van der Waals surface area (Å²) in [4.78, 5) is 11.7. The van der Waals surface area contributed by atoms with Crippen LogP contribution in [0.25, 0.3) is 0 Å². The van der Waals surface area contributed by atoms with E-state index in [2.05, 4.69) is 19.6 Å². The first-order valence-corrected chi connectivity index (χ1v) is 10.0. The molecule has 0 aliphatic carbocycles. The minimum atomic E-state index is -4.80. The molecule has 0 aliphatic heterocycles. The Morgan fingerprint density at radius 3 is 2.05 bits per heavy atom. The standard InChI is InChI=1S/C12H24F3NO2Si/c1-9(2)8-11(16,12(13,14)15)10(17)18-6-7-19(3,4)5/h9H,6-8,16H2,1-5H3/t11-/m1/s1. The number of alkyl halides is 3. The van der Waals surface area contributed by atoms with Crippen LogP contribution in [0.3, 0.4) is 0 Å². The SMILES string of the molecule is CC(C)C[C@@](N)(C(=O)OCC[Si](C)(C)C)C(F)(F)F. The minimum Gasteiger partial charge on any atom is -0.464 e. The van der Waals surface area contributed by atoms with Crippen molar-refractivity contribution < 1.29 is 22.7 Å². The second-order valence-electron chi connectivity index (χ2n) is 6.51. The molecule has 0 bridgehead atoms. The van der Waals surface area contributed by atoms with E-state index in [9.17, 15) is 18.0 Å². The van der Waals surface area contributed by atoms with Crippen molar-refractivity contribution in [2.75, 3.05) is 6.61 Å². The quantitative estimate of drug-likeness (QED) is 0.605. The average molecular weight is 299 g/mol. The Labute approximate surface area is 113 Å². The van der Waals surface area contributed by atoms with E-state index in [1.54, 1.807) is 13.8 Å². The highest BCUT2D eigenvalue weighted by molar-refractivity contribution is 6.76. The zero-order valence-corrected chi connectivity index (χ0v) is 13.2. The van der Waals surface area contributed by atoms with Crippen molar-refractivity contribution in [2.24, 2.45) is 11.7 Å². The van der Waals surface area contributed by atoms with Gasteiger partial charge in [0.1, 0.15) is 0 Å². The number of carbonyl (C=O) groups excluding carboxylic acids is 1. The van der Waals surface area contributed by atoms with Gasteiger partial charge in [-0.25, -0.2) is 4.79 Å². The van der Waals surface area contributed by atoms with Gasteiger partial charge in [0.15, 0.2) is 0 Å². The Hall–Kier alpha value is -0.563. The van der Waals surface area contributed by atoms with E-state index in [0.29, 0.717) is 6.04 Å². The summed E-state index contributed by atoms with van der Waals surface area (Å²) < 4.78 is 43.6. The molecule has 0 radical (unpaired) electrons. The number of nitrogens with two attached hydrogens (primary N) is 1. The van der Waals surface area contributed by atoms with Gasteiger partial charge in [0, 0.05) is 8.07 Å². The van der Waals surface area contributed by atoms with E-state index in [4.69, 9.17) is 10.5 Å². The molecular formula is C12H24F3NO2Si. The topological polar surface area (TPSA) is 52.3 Å². The lowest BCUT2D eigenvalue weighted by atomic mass is 9.89. The summed E-state index contributed by atoms with van der Waals surface area (Å²) in [5, 5.41) is 0. The summed E-state index contributed by atoms with van der Waals surface area (Å²) in [6.07, 6.45) is -5.27. The molecule has 19 heavy (non-hydrogen) atoms. The summed E-state index contributed by atoms with van der Waals surface area (Å²) in [7, 11) is -1.46. The summed E-state index contributed by atoms with van der Waals surface area (Å²) in [6.45, 7) is 9.32. The zero-order valence-electron chi connectivity index (χ0n) is 12.2. The normalized spacial score (nSPS) is 16.3. The molecule has 3 nitrogen and oxygen atoms in total. The summed E-state index contributed by atoms with van der Waals surface area (Å²) in [5.74, 6) is -1.72. The zero-order chi connectivity index (χ0) is 15.5. The third kappa shape index (κ3) is 5.95. The molecule has 0 aliphatic rings. The van der Waals surface area contributed by atoms with Crippen LogP contribution in [0.5, 0.6) is 0 Å². The van der Waals surface area contributed by atoms with Crippen molar-refractivity contribution in [3.05, 3.63) is 0 Å². The van der Waals surface area contributed by atoms with E-state index < -0.39 is 32.2 Å². The fraction of sp³-hybridized carbons (Fsp3) is 0.917. The Kier molecular flexibility index (Phi) is 6.07. The van der Waals surface area contributed by atoms with Crippen LogP contribution < -0.4 is 5.73 Å². The lowest BCUT2D eigenvalue weighted by Crippen LogP contribution is -2.61. The van der Waals surface area contributed by atoms with Crippen LogP contribution in [0.4, 0.5) is 13.2 Å². The summed E-state index contributed by atoms with van der Waals surface area (Å²) in [6, 6.07) is 0.619. The molecule has 114 valence electrons. The first-order chi connectivity index (χ1) is 8.29. The number of ether oxygens (including phenoxy) is 1. The molecular weight excluding hydrogens is 275 g/mol. The molecule has 0 aromatic carbocycles. The van der Waals surface area contributed by atoms with Gasteiger partial charge in [-0.1, -0.05) is 33.5 Å². The lowest BCUT2D eigenvalue weighted by Gasteiger charge is -2.31. The van der Waals surface area contributed by atoms with Crippen molar-refractivity contribution in [2.45, 2.75) is 57.7 Å². The molecule has 0 heterocycles. The molecule has 0 saturated heterocycles. The van der Waals surface area contributed by atoms with E-state index in [1.807, 2.05) is 0 Å². The molecule has 0 unspecified atom stereocenters. The molecule has 7 heteroatoms. The van der Waals surface area contributed by atoms with Crippen LogP contribution in [0.2, 0.25) is 25.7 Å². The van der Waals surface area contributed by atoms with E-state index in [-0.39, 0.29) is 12.5 Å². The number of hydrogen-bond donors (Lipinski definition) is 1. The number of carbonyl (C=O) groups is 1. The molecule has 2 N–H and O–H groups in total. The maximum Gasteiger partial charge on any atom is 0.417 e. The van der Waals surface area contributed by atoms with Crippen molar-refractivity contribution in [3.63, 3.8) is 0 Å². The highest BCUT2D eigenvalue weighted by Gasteiger charge is 2.58. The molecule has 0 spiro atoms. The maximum atomic E-state index is 13.0. The van der Waals surface area contributed by atoms with Crippen LogP contribution in [0.15, 0.2) is 0 Å². The van der Waals surface area contributed by atoms with Gasteiger partial charge in [-0.15, -0.1) is 0 Å². The van der Waals surface area contributed by atoms with Gasteiger partial charge in [0.25, 0.3) is 0 Å². The molecule has 0 rings (SSSR count). The van der Waals surface area contributed by atoms with E-state index >= 15 is 0 Å². The molecule has 0 fully saturated rings. The smallest absolute Gasteiger partial charge is 0.417 e. The van der Waals surface area contributed by atoms with Crippen molar-refractivity contribution in [1.82, 2.24) is 0 Å². The molecule has 0 aromatic rings. The predicted molar refractivity (Wildman–Crippen MR) is 71.5 cm³/mol. The van der Waals surface area contributed by atoms with Gasteiger partial charge in [-0.2, -0.15) is 13.2 Å². The first kappa shape index (κ1) is 18.4. The fourth-order valence-electron chi connectivity index (χ4n) is 1.54. The molecule has 0 saturated carbocycles. The second kappa shape index (κ2) is 6.26. The Balaban J connectivity index is 4.76. The number of halogens is 3. The Morgan fingerprint density at radius 1 is 1.26 bits per heavy atom. The molecule has 0 aromatic heterocycles. The highest BCUT2D eigenvalue weighted by atomic mass is 28.3. The van der Waals surface area contributed by atoms with Crippen molar-refractivity contribution in [1.29, 1.82) is 0 Å². The summed E-state index contributed by atoms with van der Waals surface area (Å²) in [5.41, 5.74) is 2.38. The largest absolute Gasteiger partial charge is 0.464 e. The van der Waals surface area contributed by atoms with Crippen LogP contribution in [0, 0.1) is 5.92 Å². The van der Waals surface area contributed by atoms with Crippen molar-refractivity contribution in [3.8, 4) is 0 Å². The Morgan fingerprint density at radius 2 is 1.74 bits per heavy atom. The van der Waals surface area contributed by atoms with Gasteiger partial charge < -0.3 is 10.5 Å². The van der Waals surface area contributed by atoms with Gasteiger partial charge in [-0.05, 0) is 18.4 Å². The van der Waals surface area contributed by atoms with Crippen molar-refractivity contribution >= 4 is 14.0 Å². The maximum absolute atomic E-state index is 13.0. The van der Waals surface area contributed by atoms with Crippen LogP contribution in [-0.2, 0) is 9.53 Å². The summed E-state index contributed by atoms with van der Waals surface area (Å²) >= 11 is 0. The third-order valence-electron chi connectivity index (χ3n) is 2.69.